The van der Waals surface area contributed by atoms with E-state index in [0.717, 1.165) is 11.3 Å². The predicted molar refractivity (Wildman–Crippen MR) is 338 cm³/mol. The van der Waals surface area contributed by atoms with E-state index >= 15 is 9.59 Å². The summed E-state index contributed by atoms with van der Waals surface area (Å²) in [5.74, 6) is -12.8. The molecule has 8 amide bonds. The summed E-state index contributed by atoms with van der Waals surface area (Å²) in [4.78, 5) is 177. The largest absolute Gasteiger partial charge is 0.391 e. The number of rotatable bonds is 13. The molecule has 0 aliphatic carbocycles. The maximum Gasteiger partial charge on any atom is 0.245 e. The number of amides is 8. The fraction of sp³-hybridized carbons (Fsp3) is 0.647. The van der Waals surface area contributed by atoms with Crippen molar-refractivity contribution in [3.05, 3.63) is 71.8 Å². The molecule has 21 heteroatoms. The number of ketones is 4. The fourth-order valence-corrected chi connectivity index (χ4v) is 11.8. The Morgan fingerprint density at radius 2 is 1.07 bits per heavy atom. The van der Waals surface area contributed by atoms with E-state index in [4.69, 9.17) is 0 Å². The van der Waals surface area contributed by atoms with Crippen LogP contribution >= 0.6 is 0 Å². The van der Waals surface area contributed by atoms with Crippen LogP contribution in [0, 0.1) is 47.3 Å². The Labute approximate surface area is 527 Å². The minimum Gasteiger partial charge on any atom is -0.391 e. The Morgan fingerprint density at radius 1 is 0.551 bits per heavy atom. The van der Waals surface area contributed by atoms with Crippen LogP contribution in [0.5, 0.6) is 0 Å². The lowest BCUT2D eigenvalue weighted by atomic mass is 9.85. The van der Waals surface area contributed by atoms with Crippen LogP contribution in [-0.4, -0.2) is 166 Å². The summed E-state index contributed by atoms with van der Waals surface area (Å²) in [6.07, 6.45) is -0.503. The van der Waals surface area contributed by atoms with Gasteiger partial charge in [0.15, 0.2) is 23.1 Å². The van der Waals surface area contributed by atoms with Gasteiger partial charge < -0.3 is 46.4 Å². The SMILES string of the molecule is CC[C@H](C)[C@@H]1CC(=O)[C@H](C)NC(=O)C[C@@H](C(=O)N2CCCCC2)NC(=O)[C@H](C(C)C)CC(=O)[C@H](Cc2ccccc2)N(C)C(=O)[C@H](CC(C)C)CC(=O)[C@H]([C@@H](C)O)NC(=O)[C@H](Cc2ccccc2)CC(=O)[C@H](C)NC(=O)CN(C)C(=O)[C@H](CC(C)C)NC1=O. The maximum absolute atomic E-state index is 15.0. The predicted octanol–water partition coefficient (Wildman–Crippen LogP) is 5.11. The van der Waals surface area contributed by atoms with E-state index < -0.39 is 175 Å². The number of aliphatic hydroxyl groups is 1. The molecular weight excluding hydrogens is 1140 g/mol. The zero-order chi connectivity index (χ0) is 66.4. The van der Waals surface area contributed by atoms with E-state index in [1.54, 1.807) is 86.3 Å². The number of carbonyl (C=O) groups excluding carboxylic acids is 12. The molecule has 0 unspecified atom stereocenters. The summed E-state index contributed by atoms with van der Waals surface area (Å²) in [6, 6.07) is 10.2. The van der Waals surface area contributed by atoms with Gasteiger partial charge in [0, 0.05) is 76.5 Å². The van der Waals surface area contributed by atoms with Crippen molar-refractivity contribution in [1.82, 2.24) is 41.3 Å². The average molecular weight is 1240 g/mol. The minimum atomic E-state index is -1.54. The molecule has 0 bridgehead atoms. The first-order chi connectivity index (χ1) is 41.9. The van der Waals surface area contributed by atoms with E-state index in [-0.39, 0.29) is 49.9 Å². The van der Waals surface area contributed by atoms with Crippen molar-refractivity contribution in [3.8, 4) is 0 Å². The van der Waals surface area contributed by atoms with Crippen molar-refractivity contribution in [2.75, 3.05) is 33.7 Å². The van der Waals surface area contributed by atoms with Gasteiger partial charge in [0.1, 0.15) is 18.1 Å². The molecule has 2 saturated heterocycles. The van der Waals surface area contributed by atoms with Gasteiger partial charge in [-0.15, -0.1) is 0 Å². The zero-order valence-electron chi connectivity index (χ0n) is 54.9. The van der Waals surface area contributed by atoms with Gasteiger partial charge in [-0.3, -0.25) is 57.5 Å². The normalized spacial score (nSPS) is 26.7. The first kappa shape index (κ1) is 74.3. The van der Waals surface area contributed by atoms with E-state index in [0.29, 0.717) is 43.5 Å². The van der Waals surface area contributed by atoms with E-state index in [2.05, 4.69) is 26.6 Å². The second-order valence-corrected chi connectivity index (χ2v) is 26.2. The summed E-state index contributed by atoms with van der Waals surface area (Å²) in [5, 5.41) is 24.9. The van der Waals surface area contributed by atoms with Crippen molar-refractivity contribution in [2.45, 2.75) is 202 Å². The molecule has 89 heavy (non-hydrogen) atoms. The number of likely N-dealkylation sites (tertiary alicyclic amines) is 1. The number of aliphatic hydroxyl groups excluding tert-OH is 1. The number of nitrogens with zero attached hydrogens (tertiary/aromatic N) is 3. The summed E-state index contributed by atoms with van der Waals surface area (Å²) in [6.45, 7) is 19.0. The van der Waals surface area contributed by atoms with Gasteiger partial charge >= 0.3 is 0 Å². The number of benzene rings is 2. The molecule has 2 fully saturated rings. The molecule has 492 valence electrons. The lowest BCUT2D eigenvalue weighted by Crippen LogP contribution is -2.54. The number of carbonyl (C=O) groups is 12. The number of hydrogen-bond donors (Lipinski definition) is 6. The molecule has 4 rings (SSSR count). The molecule has 6 N–H and O–H groups in total. The summed E-state index contributed by atoms with van der Waals surface area (Å²) >= 11 is 0. The molecular formula is C68H102N8O13. The molecule has 2 aliphatic rings. The van der Waals surface area contributed by atoms with Crippen LogP contribution < -0.4 is 26.6 Å². The topological polar surface area (TPSA) is 295 Å². The molecule has 2 aliphatic heterocycles. The van der Waals surface area contributed by atoms with Crippen molar-refractivity contribution in [3.63, 3.8) is 0 Å². The van der Waals surface area contributed by atoms with E-state index in [1.807, 2.05) is 34.6 Å². The highest BCUT2D eigenvalue weighted by Gasteiger charge is 2.41. The van der Waals surface area contributed by atoms with Crippen LogP contribution in [0.4, 0.5) is 0 Å². The van der Waals surface area contributed by atoms with Crippen molar-refractivity contribution in [1.29, 1.82) is 0 Å². The Balaban J connectivity index is 1.83. The molecule has 0 saturated carbocycles. The maximum atomic E-state index is 15.0. The zero-order valence-corrected chi connectivity index (χ0v) is 54.9. The summed E-state index contributed by atoms with van der Waals surface area (Å²) in [5.41, 5.74) is 1.38. The second kappa shape index (κ2) is 35.9. The first-order valence-electron chi connectivity index (χ1n) is 32.1. The fourth-order valence-electron chi connectivity index (χ4n) is 11.8. The van der Waals surface area contributed by atoms with Crippen LogP contribution in [0.1, 0.15) is 158 Å². The van der Waals surface area contributed by atoms with Crippen LogP contribution in [0.2, 0.25) is 0 Å². The molecule has 2 aromatic rings. The summed E-state index contributed by atoms with van der Waals surface area (Å²) < 4.78 is 0. The van der Waals surface area contributed by atoms with Crippen molar-refractivity contribution >= 4 is 70.4 Å². The first-order valence-corrected chi connectivity index (χ1v) is 32.1. The Kier molecular flexibility index (Phi) is 30.0. The van der Waals surface area contributed by atoms with Crippen LogP contribution in [-0.2, 0) is 70.4 Å². The third-order valence-electron chi connectivity index (χ3n) is 17.4. The quantitative estimate of drug-likeness (QED) is 0.152. The highest BCUT2D eigenvalue weighted by atomic mass is 16.3. The number of nitrogens with one attached hydrogen (secondary N) is 5. The van der Waals surface area contributed by atoms with E-state index in [9.17, 15) is 53.1 Å². The molecule has 0 spiro atoms. The smallest absolute Gasteiger partial charge is 0.245 e. The minimum absolute atomic E-state index is 0.0222. The standard InChI is InChI=1S/C68H102N8O13/c1-14-43(8)52-37-57(79)45(10)69-60(82)38-54(68(89)76-28-22-17-23-29-76)72-64(85)51(42(6)7)36-58(80)55(33-48-26-20-16-21-27-48)75(13)66(87)50(30-40(2)3)35-59(81)62(46(11)77)73-63(84)49(32-47-24-18-15-19-25-47)34-56(78)44(9)70-61(83)39-74(12)67(88)53(31-41(4)5)71-65(52)86/h15-16,18-21,24-27,40-46,49-55,62,77H,14,17,22-23,28-39H2,1-13H3,(H,69,82)(H,70,83)(H,71,86)(H,72,85)(H,73,84)/t43-,44-,45-,46+,49+,50+,51-,52-,53-,54-,55-,62-/m0/s1. The monoisotopic (exact) mass is 1240 g/mol. The molecule has 2 heterocycles. The third-order valence-corrected chi connectivity index (χ3v) is 17.4. The van der Waals surface area contributed by atoms with Gasteiger partial charge in [-0.05, 0) is 101 Å². The van der Waals surface area contributed by atoms with Crippen LogP contribution in [0.25, 0.3) is 0 Å². The highest BCUT2D eigenvalue weighted by molar-refractivity contribution is 6.00. The Morgan fingerprint density at radius 3 is 1.61 bits per heavy atom. The molecule has 12 atom stereocenters. The van der Waals surface area contributed by atoms with Crippen LogP contribution in [0.3, 0.4) is 0 Å². The summed E-state index contributed by atoms with van der Waals surface area (Å²) in [7, 11) is 2.84. The molecule has 21 nitrogen and oxygen atoms in total. The Bertz CT molecular complexity index is 2750. The average Bonchev–Trinajstić information content (AvgIpc) is 3.36. The molecule has 0 aromatic heterocycles. The molecule has 2 aromatic carbocycles. The number of piperidine rings is 1. The van der Waals surface area contributed by atoms with Gasteiger partial charge in [-0.2, -0.15) is 0 Å². The number of hydrogen-bond acceptors (Lipinski definition) is 13. The number of Topliss-reactive ketones (excluding diaryl/α,β-unsaturated/α-hetero) is 4. The number of likely N-dealkylation sites (N-methyl/N-ethyl adjacent to an activating group) is 2. The van der Waals surface area contributed by atoms with Gasteiger partial charge in [-0.25, -0.2) is 0 Å². The van der Waals surface area contributed by atoms with Gasteiger partial charge in [0.25, 0.3) is 0 Å². The van der Waals surface area contributed by atoms with Gasteiger partial charge in [0.2, 0.25) is 47.3 Å². The molecule has 0 radical (unpaired) electrons. The Hall–Kier alpha value is -7.16. The van der Waals surface area contributed by atoms with Gasteiger partial charge in [0.05, 0.1) is 37.2 Å². The highest BCUT2D eigenvalue weighted by Crippen LogP contribution is 2.27. The van der Waals surface area contributed by atoms with E-state index in [1.165, 1.54) is 39.8 Å². The van der Waals surface area contributed by atoms with Crippen molar-refractivity contribution in [2.24, 2.45) is 47.3 Å². The van der Waals surface area contributed by atoms with Crippen LogP contribution in [0.15, 0.2) is 60.7 Å². The lowest BCUT2D eigenvalue weighted by Gasteiger charge is -2.34. The van der Waals surface area contributed by atoms with Gasteiger partial charge in [-0.1, -0.05) is 122 Å². The van der Waals surface area contributed by atoms with Crippen molar-refractivity contribution < 1.29 is 62.6 Å². The lowest BCUT2D eigenvalue weighted by molar-refractivity contribution is -0.145. The third kappa shape index (κ3) is 23.3. The second-order valence-electron chi connectivity index (χ2n) is 26.2.